The number of nitrogens with zero attached hydrogens (tertiary/aromatic N) is 1. The van der Waals surface area contributed by atoms with E-state index in [1.165, 1.54) is 16.3 Å². The van der Waals surface area contributed by atoms with E-state index in [-0.39, 0.29) is 5.92 Å². The van der Waals surface area contributed by atoms with Gasteiger partial charge >= 0.3 is 0 Å². The number of benzene rings is 2. The zero-order valence-electron chi connectivity index (χ0n) is 8.59. The van der Waals surface area contributed by atoms with Gasteiger partial charge < -0.3 is 5.21 Å². The Bertz CT molecular complexity index is 485. The fraction of sp³-hybridized carbons (Fsp3) is 0.154. The fourth-order valence-corrected chi connectivity index (χ4v) is 1.83. The van der Waals surface area contributed by atoms with Crippen molar-refractivity contribution < 1.29 is 5.21 Å². The summed E-state index contributed by atoms with van der Waals surface area (Å²) in [7, 11) is 0. The van der Waals surface area contributed by atoms with Crippen molar-refractivity contribution in [2.24, 2.45) is 5.16 Å². The topological polar surface area (TPSA) is 32.6 Å². The van der Waals surface area contributed by atoms with Crippen LogP contribution in [0.2, 0.25) is 0 Å². The first-order valence-corrected chi connectivity index (χ1v) is 4.98. The van der Waals surface area contributed by atoms with Crippen LogP contribution in [-0.4, -0.2) is 11.4 Å². The summed E-state index contributed by atoms with van der Waals surface area (Å²) in [6.45, 7) is 2.02. The molecule has 0 aromatic heterocycles. The average Bonchev–Trinajstić information content (AvgIpc) is 2.28. The molecule has 0 amide bonds. The maximum absolute atomic E-state index is 8.54. The molecule has 1 unspecified atom stereocenters. The Kier molecular flexibility index (Phi) is 2.68. The highest BCUT2D eigenvalue weighted by Gasteiger charge is 2.06. The third-order valence-corrected chi connectivity index (χ3v) is 2.60. The van der Waals surface area contributed by atoms with Crippen LogP contribution in [0.5, 0.6) is 0 Å². The van der Waals surface area contributed by atoms with Crippen LogP contribution >= 0.6 is 0 Å². The summed E-state index contributed by atoms with van der Waals surface area (Å²) in [5, 5.41) is 14.1. The van der Waals surface area contributed by atoms with Crippen LogP contribution in [0.25, 0.3) is 10.8 Å². The van der Waals surface area contributed by atoms with Gasteiger partial charge in [-0.1, -0.05) is 49.4 Å². The fourth-order valence-electron chi connectivity index (χ4n) is 1.83. The second-order valence-corrected chi connectivity index (χ2v) is 3.62. The lowest BCUT2D eigenvalue weighted by molar-refractivity contribution is 0.320. The molecule has 0 aliphatic rings. The Hall–Kier alpha value is -1.83. The van der Waals surface area contributed by atoms with E-state index in [1.807, 2.05) is 25.1 Å². The number of hydrogen-bond acceptors (Lipinski definition) is 2. The van der Waals surface area contributed by atoms with Crippen molar-refractivity contribution in [2.45, 2.75) is 12.8 Å². The molecule has 15 heavy (non-hydrogen) atoms. The molecule has 2 aromatic rings. The summed E-state index contributed by atoms with van der Waals surface area (Å²) in [5.74, 6) is 0.126. The molecule has 76 valence electrons. The van der Waals surface area contributed by atoms with Gasteiger partial charge in [0.15, 0.2) is 0 Å². The Morgan fingerprint density at radius 1 is 1.13 bits per heavy atom. The van der Waals surface area contributed by atoms with Gasteiger partial charge in [-0.3, -0.25) is 0 Å². The van der Waals surface area contributed by atoms with Crippen molar-refractivity contribution in [3.63, 3.8) is 0 Å². The molecule has 0 radical (unpaired) electrons. The van der Waals surface area contributed by atoms with E-state index in [4.69, 9.17) is 5.21 Å². The molecular weight excluding hydrogens is 186 g/mol. The molecule has 0 aliphatic heterocycles. The van der Waals surface area contributed by atoms with Gasteiger partial charge in [0.1, 0.15) is 0 Å². The van der Waals surface area contributed by atoms with Crippen molar-refractivity contribution >= 4 is 17.0 Å². The van der Waals surface area contributed by atoms with E-state index in [2.05, 4.69) is 29.4 Å². The number of rotatable bonds is 2. The van der Waals surface area contributed by atoms with Crippen molar-refractivity contribution in [2.75, 3.05) is 0 Å². The molecule has 0 saturated heterocycles. The minimum atomic E-state index is 0.126. The largest absolute Gasteiger partial charge is 0.411 e. The van der Waals surface area contributed by atoms with Crippen LogP contribution in [0.15, 0.2) is 47.6 Å². The number of fused-ring (bicyclic) bond motifs is 1. The maximum atomic E-state index is 8.54. The first kappa shape index (κ1) is 9.71. The highest BCUT2D eigenvalue weighted by atomic mass is 16.4. The van der Waals surface area contributed by atoms with Crippen molar-refractivity contribution in [3.05, 3.63) is 48.0 Å². The minimum absolute atomic E-state index is 0.126. The van der Waals surface area contributed by atoms with Crippen LogP contribution in [0.3, 0.4) is 0 Å². The second kappa shape index (κ2) is 4.13. The molecule has 0 spiro atoms. The summed E-state index contributed by atoms with van der Waals surface area (Å²) in [4.78, 5) is 0. The zero-order chi connectivity index (χ0) is 10.7. The lowest BCUT2D eigenvalue weighted by Gasteiger charge is -2.09. The first-order valence-electron chi connectivity index (χ1n) is 4.98. The molecule has 0 bridgehead atoms. The van der Waals surface area contributed by atoms with Crippen molar-refractivity contribution in [1.82, 2.24) is 0 Å². The standard InChI is InChI=1S/C13H13NO/c1-10(9-14-15)12-8-4-6-11-5-2-3-7-13(11)12/h2-10,15H,1H3. The predicted octanol–water partition coefficient (Wildman–Crippen LogP) is 3.40. The van der Waals surface area contributed by atoms with Crippen molar-refractivity contribution in [3.8, 4) is 0 Å². The molecule has 0 saturated carbocycles. The third kappa shape index (κ3) is 1.84. The van der Waals surface area contributed by atoms with Crippen LogP contribution in [0.1, 0.15) is 18.4 Å². The van der Waals surface area contributed by atoms with Crippen molar-refractivity contribution in [1.29, 1.82) is 0 Å². The van der Waals surface area contributed by atoms with Gasteiger partial charge in [0.05, 0.1) is 6.21 Å². The molecule has 2 heteroatoms. The maximum Gasteiger partial charge on any atom is 0.0508 e. The average molecular weight is 199 g/mol. The summed E-state index contributed by atoms with van der Waals surface area (Å²) in [6.07, 6.45) is 1.54. The quantitative estimate of drug-likeness (QED) is 0.448. The van der Waals surface area contributed by atoms with Crippen LogP contribution in [0, 0.1) is 0 Å². The first-order chi connectivity index (χ1) is 7.33. The third-order valence-electron chi connectivity index (χ3n) is 2.60. The Morgan fingerprint density at radius 2 is 1.87 bits per heavy atom. The summed E-state index contributed by atoms with van der Waals surface area (Å²) in [6, 6.07) is 14.4. The van der Waals surface area contributed by atoms with Crippen LogP contribution in [0.4, 0.5) is 0 Å². The van der Waals surface area contributed by atoms with Gasteiger partial charge in [0, 0.05) is 5.92 Å². The SMILES string of the molecule is CC(C=NO)c1cccc2ccccc12. The van der Waals surface area contributed by atoms with E-state index < -0.39 is 0 Å². The molecular formula is C13H13NO. The van der Waals surface area contributed by atoms with Crippen LogP contribution in [-0.2, 0) is 0 Å². The van der Waals surface area contributed by atoms with Gasteiger partial charge in [0.25, 0.3) is 0 Å². The predicted molar refractivity (Wildman–Crippen MR) is 62.6 cm³/mol. The highest BCUT2D eigenvalue weighted by molar-refractivity contribution is 5.88. The van der Waals surface area contributed by atoms with E-state index in [0.717, 1.165) is 0 Å². The van der Waals surface area contributed by atoms with E-state index in [9.17, 15) is 0 Å². The summed E-state index contributed by atoms with van der Waals surface area (Å²) < 4.78 is 0. The Labute approximate surface area is 88.9 Å². The second-order valence-electron chi connectivity index (χ2n) is 3.62. The molecule has 0 fully saturated rings. The van der Waals surface area contributed by atoms with E-state index in [0.29, 0.717) is 0 Å². The lowest BCUT2D eigenvalue weighted by Crippen LogP contribution is -1.95. The van der Waals surface area contributed by atoms with Gasteiger partial charge in [-0.2, -0.15) is 0 Å². The monoisotopic (exact) mass is 199 g/mol. The van der Waals surface area contributed by atoms with E-state index in [1.54, 1.807) is 6.21 Å². The smallest absolute Gasteiger partial charge is 0.0508 e. The molecule has 2 nitrogen and oxygen atoms in total. The van der Waals surface area contributed by atoms with Gasteiger partial charge in [-0.05, 0) is 16.3 Å². The van der Waals surface area contributed by atoms with Gasteiger partial charge in [-0.25, -0.2) is 0 Å². The Morgan fingerprint density at radius 3 is 2.67 bits per heavy atom. The molecule has 1 N–H and O–H groups in total. The van der Waals surface area contributed by atoms with Crippen LogP contribution < -0.4 is 0 Å². The molecule has 1 atom stereocenters. The highest BCUT2D eigenvalue weighted by Crippen LogP contribution is 2.24. The molecule has 2 aromatic carbocycles. The molecule has 2 rings (SSSR count). The van der Waals surface area contributed by atoms with Gasteiger partial charge in [0.2, 0.25) is 0 Å². The lowest BCUT2D eigenvalue weighted by atomic mass is 9.96. The molecule has 0 aliphatic carbocycles. The molecule has 0 heterocycles. The minimum Gasteiger partial charge on any atom is -0.411 e. The van der Waals surface area contributed by atoms with Gasteiger partial charge in [-0.15, -0.1) is 5.16 Å². The Balaban J connectivity index is 2.60. The number of oxime groups is 1. The summed E-state index contributed by atoms with van der Waals surface area (Å²) >= 11 is 0. The summed E-state index contributed by atoms with van der Waals surface area (Å²) in [5.41, 5.74) is 1.19. The normalized spacial score (nSPS) is 13.4. The zero-order valence-corrected chi connectivity index (χ0v) is 8.59. The van der Waals surface area contributed by atoms with E-state index >= 15 is 0 Å². The number of hydrogen-bond donors (Lipinski definition) is 1.